The summed E-state index contributed by atoms with van der Waals surface area (Å²) in [5, 5.41) is 0. The third kappa shape index (κ3) is 51.7. The minimum Gasteiger partial charge on any atom is -0.462 e. The summed E-state index contributed by atoms with van der Waals surface area (Å²) in [5.41, 5.74) is 0. The van der Waals surface area contributed by atoms with Crippen LogP contribution in [0.5, 0.6) is 0 Å². The Morgan fingerprint density at radius 2 is 0.569 bits per heavy atom. The molecule has 0 aromatic carbocycles. The lowest BCUT2D eigenvalue weighted by atomic mass is 10.1. The summed E-state index contributed by atoms with van der Waals surface area (Å²) in [6.45, 7) is 6.55. The van der Waals surface area contributed by atoms with Crippen LogP contribution in [0.3, 0.4) is 0 Å². The zero-order valence-electron chi connectivity index (χ0n) is 42.7. The molecule has 374 valence electrons. The highest BCUT2D eigenvalue weighted by atomic mass is 16.6. The Morgan fingerprint density at radius 3 is 0.938 bits per heavy atom. The molecule has 0 aliphatic carbocycles. The summed E-state index contributed by atoms with van der Waals surface area (Å²) in [6, 6.07) is 0. The largest absolute Gasteiger partial charge is 0.462 e. The molecule has 65 heavy (non-hydrogen) atoms. The van der Waals surface area contributed by atoms with Crippen LogP contribution in [0.4, 0.5) is 0 Å². The van der Waals surface area contributed by atoms with Crippen LogP contribution in [0.25, 0.3) is 0 Å². The molecule has 0 saturated heterocycles. The smallest absolute Gasteiger partial charge is 0.306 e. The molecule has 0 aliphatic rings. The first-order valence-corrected chi connectivity index (χ1v) is 27.5. The standard InChI is InChI=1S/C59H102O6/c1-4-7-10-13-16-19-22-25-27-29-31-32-34-37-40-43-46-49-52-58(61)64-55-56(54-63-57(60)51-48-45-42-39-36-24-21-18-15-12-9-6-3)65-59(62)53-50-47-44-41-38-35-33-30-28-26-23-20-17-14-11-8-5-2/h16,18-19,21-22,25-29,31-32,56H,4-15,17,20,23-24,30,33-55H2,1-3H3/b19-16-,21-18-,25-22-,28-26-,29-27-,32-31-. The third-order valence-electron chi connectivity index (χ3n) is 11.7. The summed E-state index contributed by atoms with van der Waals surface area (Å²) < 4.78 is 16.8. The number of rotatable bonds is 49. The molecule has 0 heterocycles. The molecule has 0 bridgehead atoms. The number of ether oxygens (including phenoxy) is 3. The zero-order valence-corrected chi connectivity index (χ0v) is 42.7. The van der Waals surface area contributed by atoms with E-state index in [1.807, 2.05) is 0 Å². The molecular weight excluding hydrogens is 805 g/mol. The van der Waals surface area contributed by atoms with Crippen LogP contribution in [0.2, 0.25) is 0 Å². The Hall–Kier alpha value is -3.15. The van der Waals surface area contributed by atoms with E-state index in [4.69, 9.17) is 14.2 Å². The van der Waals surface area contributed by atoms with E-state index in [1.54, 1.807) is 0 Å². The maximum Gasteiger partial charge on any atom is 0.306 e. The molecule has 6 heteroatoms. The number of allylic oxidation sites excluding steroid dienone is 12. The zero-order chi connectivity index (χ0) is 47.2. The Morgan fingerprint density at radius 1 is 0.308 bits per heavy atom. The van der Waals surface area contributed by atoms with E-state index in [9.17, 15) is 14.4 Å². The molecule has 6 nitrogen and oxygen atoms in total. The number of carbonyl (C=O) groups is 3. The lowest BCUT2D eigenvalue weighted by molar-refractivity contribution is -0.167. The van der Waals surface area contributed by atoms with Crippen molar-refractivity contribution >= 4 is 17.9 Å². The van der Waals surface area contributed by atoms with Gasteiger partial charge in [-0.05, 0) is 96.3 Å². The highest BCUT2D eigenvalue weighted by Gasteiger charge is 2.19. The quantitative estimate of drug-likeness (QED) is 0.0199. The Kier molecular flexibility index (Phi) is 50.9. The first kappa shape index (κ1) is 61.9. The molecule has 0 amide bonds. The molecule has 0 spiro atoms. The Labute approximate surface area is 402 Å². The SMILES string of the molecule is CCCCC\C=C/C=C\C=C/C=C\CCCCCCCC(=O)OCC(COC(=O)CCCCCCC/C=C\CCCCC)OC(=O)CCCCCCCCC/C=C\CCCCCCCC. The summed E-state index contributed by atoms with van der Waals surface area (Å²) >= 11 is 0. The summed E-state index contributed by atoms with van der Waals surface area (Å²) in [7, 11) is 0. The van der Waals surface area contributed by atoms with E-state index in [2.05, 4.69) is 93.7 Å². The monoisotopic (exact) mass is 907 g/mol. The lowest BCUT2D eigenvalue weighted by Crippen LogP contribution is -2.30. The van der Waals surface area contributed by atoms with Gasteiger partial charge in [-0.3, -0.25) is 14.4 Å². The van der Waals surface area contributed by atoms with Gasteiger partial charge in [0, 0.05) is 19.3 Å². The van der Waals surface area contributed by atoms with Gasteiger partial charge >= 0.3 is 17.9 Å². The molecular formula is C59H102O6. The summed E-state index contributed by atoms with van der Waals surface area (Å²) in [4.78, 5) is 38.1. The second-order valence-corrected chi connectivity index (χ2v) is 18.2. The maximum absolute atomic E-state index is 12.8. The van der Waals surface area contributed by atoms with Crippen molar-refractivity contribution in [2.75, 3.05) is 13.2 Å². The van der Waals surface area contributed by atoms with Gasteiger partial charge in [-0.15, -0.1) is 0 Å². The molecule has 0 fully saturated rings. The van der Waals surface area contributed by atoms with Gasteiger partial charge in [0.2, 0.25) is 0 Å². The van der Waals surface area contributed by atoms with Gasteiger partial charge in [0.15, 0.2) is 6.10 Å². The molecule has 0 saturated carbocycles. The van der Waals surface area contributed by atoms with Gasteiger partial charge < -0.3 is 14.2 Å². The van der Waals surface area contributed by atoms with E-state index in [1.165, 1.54) is 135 Å². The molecule has 0 aromatic rings. The van der Waals surface area contributed by atoms with E-state index in [0.717, 1.165) is 89.9 Å². The highest BCUT2D eigenvalue weighted by Crippen LogP contribution is 2.14. The maximum atomic E-state index is 12.8. The van der Waals surface area contributed by atoms with Crippen molar-refractivity contribution < 1.29 is 28.6 Å². The lowest BCUT2D eigenvalue weighted by Gasteiger charge is -2.18. The predicted octanol–water partition coefficient (Wildman–Crippen LogP) is 18.2. The average Bonchev–Trinajstić information content (AvgIpc) is 3.30. The normalized spacial score (nSPS) is 12.6. The van der Waals surface area contributed by atoms with Crippen LogP contribution in [-0.4, -0.2) is 37.2 Å². The van der Waals surface area contributed by atoms with Crippen molar-refractivity contribution in [1.29, 1.82) is 0 Å². The van der Waals surface area contributed by atoms with Crippen molar-refractivity contribution in [3.05, 3.63) is 72.9 Å². The average molecular weight is 907 g/mol. The van der Waals surface area contributed by atoms with Gasteiger partial charge in [0.1, 0.15) is 13.2 Å². The third-order valence-corrected chi connectivity index (χ3v) is 11.7. The van der Waals surface area contributed by atoms with Gasteiger partial charge in [0.25, 0.3) is 0 Å². The molecule has 1 atom stereocenters. The van der Waals surface area contributed by atoms with Gasteiger partial charge in [-0.1, -0.05) is 222 Å². The summed E-state index contributed by atoms with van der Waals surface area (Å²) in [5.74, 6) is -0.921. The van der Waals surface area contributed by atoms with E-state index < -0.39 is 6.10 Å². The van der Waals surface area contributed by atoms with Gasteiger partial charge in [-0.2, -0.15) is 0 Å². The first-order valence-electron chi connectivity index (χ1n) is 27.5. The minimum atomic E-state index is -0.790. The Bertz CT molecular complexity index is 1230. The summed E-state index contributed by atoms with van der Waals surface area (Å²) in [6.07, 6.45) is 67.3. The fourth-order valence-electron chi connectivity index (χ4n) is 7.56. The van der Waals surface area contributed by atoms with Crippen molar-refractivity contribution in [3.63, 3.8) is 0 Å². The molecule has 1 unspecified atom stereocenters. The van der Waals surface area contributed by atoms with Crippen LogP contribution in [0, 0.1) is 0 Å². The van der Waals surface area contributed by atoms with Crippen LogP contribution < -0.4 is 0 Å². The van der Waals surface area contributed by atoms with Crippen LogP contribution in [0.15, 0.2) is 72.9 Å². The van der Waals surface area contributed by atoms with Crippen molar-refractivity contribution in [1.82, 2.24) is 0 Å². The first-order chi connectivity index (χ1) is 32.0. The van der Waals surface area contributed by atoms with Gasteiger partial charge in [0.05, 0.1) is 0 Å². The van der Waals surface area contributed by atoms with Crippen molar-refractivity contribution in [3.8, 4) is 0 Å². The molecule has 0 radical (unpaired) electrons. The molecule has 0 aliphatic heterocycles. The van der Waals surface area contributed by atoms with Crippen molar-refractivity contribution in [2.24, 2.45) is 0 Å². The number of hydrogen-bond donors (Lipinski definition) is 0. The van der Waals surface area contributed by atoms with Crippen LogP contribution in [-0.2, 0) is 28.6 Å². The number of unbranched alkanes of at least 4 members (excludes halogenated alkanes) is 29. The van der Waals surface area contributed by atoms with Gasteiger partial charge in [-0.25, -0.2) is 0 Å². The van der Waals surface area contributed by atoms with E-state index >= 15 is 0 Å². The van der Waals surface area contributed by atoms with E-state index in [0.29, 0.717) is 19.3 Å². The highest BCUT2D eigenvalue weighted by molar-refractivity contribution is 5.71. The van der Waals surface area contributed by atoms with Crippen LogP contribution in [0.1, 0.15) is 265 Å². The fraction of sp³-hybridized carbons (Fsp3) is 0.746. The fourth-order valence-corrected chi connectivity index (χ4v) is 7.56. The minimum absolute atomic E-state index is 0.0891. The van der Waals surface area contributed by atoms with E-state index in [-0.39, 0.29) is 31.1 Å². The molecule has 0 rings (SSSR count). The second-order valence-electron chi connectivity index (χ2n) is 18.2. The second kappa shape index (κ2) is 53.5. The van der Waals surface area contributed by atoms with Crippen molar-refractivity contribution in [2.45, 2.75) is 271 Å². The predicted molar refractivity (Wildman–Crippen MR) is 279 cm³/mol. The number of esters is 3. The molecule has 0 aromatic heterocycles. The topological polar surface area (TPSA) is 78.9 Å². The number of carbonyl (C=O) groups excluding carboxylic acids is 3. The Balaban J connectivity index is 4.43. The number of hydrogen-bond acceptors (Lipinski definition) is 6. The molecule has 0 N–H and O–H groups in total. The van der Waals surface area contributed by atoms with Crippen LogP contribution >= 0.6 is 0 Å².